The number of aliphatic hydroxyl groups is 1. The van der Waals surface area contributed by atoms with Crippen LogP contribution in [0.1, 0.15) is 95.8 Å². The van der Waals surface area contributed by atoms with Gasteiger partial charge in [-0.1, -0.05) is 91.0 Å². The number of nitrogens with one attached hydrogen (secondary N) is 3. The van der Waals surface area contributed by atoms with Crippen LogP contribution in [0.5, 0.6) is 0 Å². The molecule has 0 aromatic heterocycles. The van der Waals surface area contributed by atoms with Crippen molar-refractivity contribution in [1.29, 1.82) is 0 Å². The molecule has 0 bridgehead atoms. The van der Waals surface area contributed by atoms with Gasteiger partial charge in [0.1, 0.15) is 37.7 Å². The van der Waals surface area contributed by atoms with Crippen molar-refractivity contribution >= 4 is 35.7 Å². The molecule has 3 aromatic carbocycles. The van der Waals surface area contributed by atoms with Gasteiger partial charge in [-0.2, -0.15) is 0 Å². The first-order chi connectivity index (χ1) is 27.7. The smallest absolute Gasteiger partial charge is 0.323 e. The minimum atomic E-state index is -1.61. The van der Waals surface area contributed by atoms with Crippen molar-refractivity contribution in [1.82, 2.24) is 16.0 Å². The maximum Gasteiger partial charge on any atom is 0.323 e. The van der Waals surface area contributed by atoms with E-state index in [2.05, 4.69) is 16.0 Å². The number of esters is 4. The predicted molar refractivity (Wildman–Crippen MR) is 214 cm³/mol. The molecular formula is C44H57N3O11. The first-order valence-electron chi connectivity index (χ1n) is 19.5. The fourth-order valence-electron chi connectivity index (χ4n) is 5.54. The Labute approximate surface area is 340 Å². The van der Waals surface area contributed by atoms with Gasteiger partial charge in [0.05, 0.1) is 12.5 Å². The Kier molecular flexibility index (Phi) is 20.1. The zero-order chi connectivity index (χ0) is 42.3. The molecule has 14 heteroatoms. The highest BCUT2D eigenvalue weighted by Crippen LogP contribution is 2.13. The number of aliphatic hydroxyl groups excluding tert-OH is 1. The van der Waals surface area contributed by atoms with E-state index in [1.807, 2.05) is 66.7 Å². The molecule has 0 heterocycles. The van der Waals surface area contributed by atoms with Crippen molar-refractivity contribution in [2.45, 2.75) is 129 Å². The predicted octanol–water partition coefficient (Wildman–Crippen LogP) is 4.95. The molecule has 0 saturated carbocycles. The summed E-state index contributed by atoms with van der Waals surface area (Å²) in [5.74, 6) is -3.35. The monoisotopic (exact) mass is 803 g/mol. The number of benzene rings is 3. The lowest BCUT2D eigenvalue weighted by Gasteiger charge is -2.28. The molecule has 3 rings (SSSR count). The Morgan fingerprint density at radius 2 is 1.03 bits per heavy atom. The van der Waals surface area contributed by atoms with Crippen LogP contribution in [0, 0.1) is 0 Å². The minimum absolute atomic E-state index is 0.0370. The van der Waals surface area contributed by atoms with Crippen LogP contribution >= 0.6 is 0 Å². The van der Waals surface area contributed by atoms with Gasteiger partial charge >= 0.3 is 23.9 Å². The molecule has 314 valence electrons. The van der Waals surface area contributed by atoms with Crippen molar-refractivity contribution in [3.8, 4) is 0 Å². The largest absolute Gasteiger partial charge is 0.461 e. The van der Waals surface area contributed by atoms with Crippen molar-refractivity contribution in [3.05, 3.63) is 108 Å². The van der Waals surface area contributed by atoms with E-state index in [9.17, 15) is 33.9 Å². The van der Waals surface area contributed by atoms with Crippen LogP contribution < -0.4 is 16.0 Å². The molecule has 0 fully saturated rings. The van der Waals surface area contributed by atoms with Gasteiger partial charge in [-0.05, 0) is 63.6 Å². The van der Waals surface area contributed by atoms with E-state index >= 15 is 0 Å². The molecule has 4 unspecified atom stereocenters. The van der Waals surface area contributed by atoms with Gasteiger partial charge < -0.3 is 34.7 Å². The first kappa shape index (κ1) is 46.8. The highest BCUT2D eigenvalue weighted by atomic mass is 16.6. The van der Waals surface area contributed by atoms with Crippen LogP contribution in [0.15, 0.2) is 91.0 Å². The summed E-state index contributed by atoms with van der Waals surface area (Å²) < 4.78 is 21.5. The number of carbonyl (C=O) groups excluding carboxylic acids is 6. The van der Waals surface area contributed by atoms with Crippen molar-refractivity contribution in [2.75, 3.05) is 0 Å². The average molecular weight is 804 g/mol. The summed E-state index contributed by atoms with van der Waals surface area (Å²) in [4.78, 5) is 76.8. The molecule has 14 nitrogen and oxygen atoms in total. The van der Waals surface area contributed by atoms with E-state index in [0.29, 0.717) is 6.42 Å². The van der Waals surface area contributed by atoms with Crippen molar-refractivity contribution in [3.63, 3.8) is 0 Å². The third kappa shape index (κ3) is 20.0. The normalized spacial score (nSPS) is 13.2. The molecule has 0 saturated heterocycles. The second-order valence-corrected chi connectivity index (χ2v) is 14.9. The molecular weight excluding hydrogens is 746 g/mol. The second-order valence-electron chi connectivity index (χ2n) is 14.9. The van der Waals surface area contributed by atoms with Crippen LogP contribution in [-0.4, -0.2) is 70.8 Å². The fraction of sp³-hybridized carbons (Fsp3) is 0.455. The van der Waals surface area contributed by atoms with Crippen LogP contribution in [0.2, 0.25) is 0 Å². The topological polar surface area (TPSA) is 196 Å². The fourth-order valence-corrected chi connectivity index (χ4v) is 5.54. The van der Waals surface area contributed by atoms with Gasteiger partial charge in [-0.25, -0.2) is 0 Å². The summed E-state index contributed by atoms with van der Waals surface area (Å²) in [6.07, 6.45) is -2.28. The SMILES string of the molecule is CC(CCC(=O)OCc1ccccc1)NC(=O)CCC(NC(=O)CCC(=O)OC(C)(C)C)C(O)NC(CCC(=O)OCc1ccccc1)C(=O)OCc1ccccc1. The van der Waals surface area contributed by atoms with Crippen LogP contribution in [0.4, 0.5) is 0 Å². The van der Waals surface area contributed by atoms with E-state index in [1.165, 1.54) is 0 Å². The molecule has 3 aromatic rings. The van der Waals surface area contributed by atoms with Gasteiger partial charge in [0.2, 0.25) is 11.8 Å². The average Bonchev–Trinajstić information content (AvgIpc) is 3.20. The molecule has 2 amide bonds. The van der Waals surface area contributed by atoms with E-state index in [-0.39, 0.29) is 64.8 Å². The highest BCUT2D eigenvalue weighted by molar-refractivity contribution is 5.82. The van der Waals surface area contributed by atoms with E-state index in [0.717, 1.165) is 16.7 Å². The Hall–Kier alpha value is -5.60. The molecule has 0 aliphatic carbocycles. The Morgan fingerprint density at radius 1 is 0.569 bits per heavy atom. The molecule has 0 spiro atoms. The summed E-state index contributed by atoms with van der Waals surface area (Å²) in [7, 11) is 0. The molecule has 58 heavy (non-hydrogen) atoms. The van der Waals surface area contributed by atoms with E-state index in [4.69, 9.17) is 18.9 Å². The zero-order valence-electron chi connectivity index (χ0n) is 33.8. The quantitative estimate of drug-likeness (QED) is 0.0542. The third-order valence-electron chi connectivity index (χ3n) is 8.58. The van der Waals surface area contributed by atoms with E-state index in [1.54, 1.807) is 52.0 Å². The van der Waals surface area contributed by atoms with E-state index < -0.39 is 65.6 Å². The second kappa shape index (κ2) is 24.9. The first-order valence-corrected chi connectivity index (χ1v) is 19.5. The third-order valence-corrected chi connectivity index (χ3v) is 8.58. The Bertz CT molecular complexity index is 1730. The maximum absolute atomic E-state index is 13.4. The number of amides is 2. The number of rotatable bonds is 24. The standard InChI is InChI=1S/C44H57N3O11/c1-31(20-25-39(50)55-28-32-14-8-5-9-15-32)45-37(48)23-21-35(46-38(49)24-27-41(52)58-44(2,3)4)42(53)47-36(43(54)57-30-34-18-12-7-13-19-34)22-26-40(51)56-29-33-16-10-6-11-17-33/h5-19,31,35-36,42,47,53H,20-30H2,1-4H3,(H,45,48)(H,46,49). The molecule has 4 atom stereocenters. The summed E-state index contributed by atoms with van der Waals surface area (Å²) >= 11 is 0. The summed E-state index contributed by atoms with van der Waals surface area (Å²) in [6.45, 7) is 6.97. The zero-order valence-corrected chi connectivity index (χ0v) is 33.8. The summed E-state index contributed by atoms with van der Waals surface area (Å²) in [5, 5.41) is 19.7. The number of ether oxygens (including phenoxy) is 4. The Balaban J connectivity index is 1.64. The molecule has 4 N–H and O–H groups in total. The molecule has 0 radical (unpaired) electrons. The van der Waals surface area contributed by atoms with Crippen LogP contribution in [0.3, 0.4) is 0 Å². The van der Waals surface area contributed by atoms with Crippen molar-refractivity contribution < 1.29 is 52.8 Å². The minimum Gasteiger partial charge on any atom is -0.461 e. The Morgan fingerprint density at radius 3 is 1.53 bits per heavy atom. The number of hydrogen-bond donors (Lipinski definition) is 4. The summed E-state index contributed by atoms with van der Waals surface area (Å²) in [6, 6.07) is 24.6. The van der Waals surface area contributed by atoms with Crippen LogP contribution in [0.25, 0.3) is 0 Å². The van der Waals surface area contributed by atoms with Crippen molar-refractivity contribution in [2.24, 2.45) is 0 Å². The lowest BCUT2D eigenvalue weighted by Crippen LogP contribution is -2.55. The van der Waals surface area contributed by atoms with Gasteiger partial charge in [0, 0.05) is 31.7 Å². The lowest BCUT2D eigenvalue weighted by molar-refractivity contribution is -0.156. The van der Waals surface area contributed by atoms with Gasteiger partial charge in [0.15, 0.2) is 0 Å². The number of carbonyl (C=O) groups is 6. The summed E-state index contributed by atoms with van der Waals surface area (Å²) in [5.41, 5.74) is 1.61. The highest BCUT2D eigenvalue weighted by Gasteiger charge is 2.30. The number of hydrogen-bond acceptors (Lipinski definition) is 12. The van der Waals surface area contributed by atoms with Crippen LogP contribution in [-0.2, 0) is 67.5 Å². The lowest BCUT2D eigenvalue weighted by atomic mass is 10.1. The molecule has 0 aliphatic heterocycles. The van der Waals surface area contributed by atoms with Gasteiger partial charge in [0.25, 0.3) is 0 Å². The maximum atomic E-state index is 13.4. The molecule has 0 aliphatic rings. The van der Waals surface area contributed by atoms with Gasteiger partial charge in [-0.3, -0.25) is 34.1 Å². The van der Waals surface area contributed by atoms with Gasteiger partial charge in [-0.15, -0.1) is 0 Å².